The molecule has 1 aromatic carbocycles. The van der Waals surface area contributed by atoms with Gasteiger partial charge in [-0.15, -0.1) is 0 Å². The Morgan fingerprint density at radius 3 is 2.58 bits per heavy atom. The predicted molar refractivity (Wildman–Crippen MR) is 103 cm³/mol. The number of hydrogen-bond acceptors (Lipinski definition) is 3. The van der Waals surface area contributed by atoms with E-state index in [9.17, 15) is 4.79 Å². The third-order valence-corrected chi connectivity index (χ3v) is 4.92. The molecule has 3 aromatic rings. The van der Waals surface area contributed by atoms with Crippen molar-refractivity contribution in [2.75, 3.05) is 26.2 Å². The van der Waals surface area contributed by atoms with Gasteiger partial charge in [0.1, 0.15) is 17.0 Å². The number of fused-ring (bicyclic) bond motifs is 1. The Morgan fingerprint density at radius 2 is 1.77 bits per heavy atom. The summed E-state index contributed by atoms with van der Waals surface area (Å²) in [6.07, 6.45) is 2.98. The normalized spacial score (nSPS) is 15.2. The van der Waals surface area contributed by atoms with E-state index in [0.717, 1.165) is 55.1 Å². The lowest BCUT2D eigenvalue weighted by Gasteiger charge is -2.20. The lowest BCUT2D eigenvalue weighted by Crippen LogP contribution is -2.35. The molecule has 0 unspecified atom stereocenters. The molecule has 26 heavy (non-hydrogen) atoms. The van der Waals surface area contributed by atoms with E-state index in [1.165, 1.54) is 5.56 Å². The fraction of sp³-hybridized carbons (Fsp3) is 0.333. The Hall–Kier alpha value is -2.66. The summed E-state index contributed by atoms with van der Waals surface area (Å²) in [6, 6.07) is 12.2. The molecular formula is C21H24N4O. The van der Waals surface area contributed by atoms with Gasteiger partial charge in [0, 0.05) is 31.4 Å². The van der Waals surface area contributed by atoms with Gasteiger partial charge in [0.15, 0.2) is 0 Å². The van der Waals surface area contributed by atoms with Crippen molar-refractivity contribution < 1.29 is 4.79 Å². The molecule has 1 N–H and O–H groups in total. The maximum atomic E-state index is 13.4. The van der Waals surface area contributed by atoms with E-state index >= 15 is 0 Å². The Balaban J connectivity index is 1.87. The van der Waals surface area contributed by atoms with Crippen LogP contribution in [0.2, 0.25) is 0 Å². The highest BCUT2D eigenvalue weighted by molar-refractivity contribution is 5.99. The molecule has 1 fully saturated rings. The van der Waals surface area contributed by atoms with Crippen molar-refractivity contribution in [2.45, 2.75) is 20.3 Å². The van der Waals surface area contributed by atoms with Crippen LogP contribution in [0, 0.1) is 13.8 Å². The first-order chi connectivity index (χ1) is 12.6. The number of rotatable bonds is 2. The molecular weight excluding hydrogens is 324 g/mol. The number of hydrogen-bond donors (Lipinski definition) is 1. The number of nitrogens with zero attached hydrogens (tertiary/aromatic N) is 3. The highest BCUT2D eigenvalue weighted by Gasteiger charge is 2.25. The fourth-order valence-electron chi connectivity index (χ4n) is 3.47. The summed E-state index contributed by atoms with van der Waals surface area (Å²) < 4.78 is 1.95. The molecule has 0 radical (unpaired) electrons. The number of imidazole rings is 1. The molecule has 1 aliphatic rings. The van der Waals surface area contributed by atoms with Crippen LogP contribution in [0.1, 0.15) is 28.0 Å². The van der Waals surface area contributed by atoms with Crippen LogP contribution < -0.4 is 5.32 Å². The topological polar surface area (TPSA) is 49.6 Å². The molecule has 0 aliphatic carbocycles. The Morgan fingerprint density at radius 1 is 1.00 bits per heavy atom. The monoisotopic (exact) mass is 348 g/mol. The van der Waals surface area contributed by atoms with Crippen LogP contribution in [0.5, 0.6) is 0 Å². The minimum absolute atomic E-state index is 0.0578. The predicted octanol–water partition coefficient (Wildman–Crippen LogP) is 3.05. The van der Waals surface area contributed by atoms with E-state index in [0.29, 0.717) is 5.69 Å². The van der Waals surface area contributed by atoms with Gasteiger partial charge in [0.25, 0.3) is 5.91 Å². The molecule has 2 aromatic heterocycles. The summed E-state index contributed by atoms with van der Waals surface area (Å²) in [5.74, 6) is 0.0578. The largest absolute Gasteiger partial charge is 0.336 e. The summed E-state index contributed by atoms with van der Waals surface area (Å²) in [7, 11) is 0. The summed E-state index contributed by atoms with van der Waals surface area (Å²) in [5.41, 5.74) is 5.51. The van der Waals surface area contributed by atoms with Crippen LogP contribution in [0.15, 0.2) is 42.6 Å². The molecule has 1 aliphatic heterocycles. The van der Waals surface area contributed by atoms with Gasteiger partial charge >= 0.3 is 0 Å². The van der Waals surface area contributed by atoms with Crippen LogP contribution in [0.4, 0.5) is 0 Å². The molecule has 5 heteroatoms. The average molecular weight is 348 g/mol. The van der Waals surface area contributed by atoms with Crippen molar-refractivity contribution in [1.29, 1.82) is 0 Å². The average Bonchev–Trinajstić information content (AvgIpc) is 2.81. The molecule has 0 spiro atoms. The summed E-state index contributed by atoms with van der Waals surface area (Å²) in [4.78, 5) is 20.2. The van der Waals surface area contributed by atoms with E-state index in [1.807, 2.05) is 46.7 Å². The van der Waals surface area contributed by atoms with Crippen molar-refractivity contribution in [3.63, 3.8) is 0 Å². The third kappa shape index (κ3) is 3.10. The van der Waals surface area contributed by atoms with Gasteiger partial charge in [-0.05, 0) is 38.4 Å². The van der Waals surface area contributed by atoms with Gasteiger partial charge in [-0.1, -0.05) is 35.9 Å². The second kappa shape index (κ2) is 6.92. The molecule has 0 atom stereocenters. The lowest BCUT2D eigenvalue weighted by atomic mass is 10.1. The van der Waals surface area contributed by atoms with Crippen LogP contribution >= 0.6 is 0 Å². The summed E-state index contributed by atoms with van der Waals surface area (Å²) >= 11 is 0. The smallest absolute Gasteiger partial charge is 0.273 e. The third-order valence-electron chi connectivity index (χ3n) is 4.92. The number of aryl methyl sites for hydroxylation is 2. The molecule has 1 amide bonds. The Bertz CT molecular complexity index is 935. The first-order valence-electron chi connectivity index (χ1n) is 9.19. The number of nitrogens with one attached hydrogen (secondary N) is 1. The van der Waals surface area contributed by atoms with Gasteiger partial charge in [-0.25, -0.2) is 4.98 Å². The van der Waals surface area contributed by atoms with Gasteiger partial charge in [-0.2, -0.15) is 0 Å². The Labute approximate surface area is 153 Å². The van der Waals surface area contributed by atoms with Crippen molar-refractivity contribution in [1.82, 2.24) is 19.6 Å². The van der Waals surface area contributed by atoms with Crippen LogP contribution in [-0.4, -0.2) is 46.4 Å². The van der Waals surface area contributed by atoms with Crippen molar-refractivity contribution in [2.24, 2.45) is 0 Å². The standard InChI is InChI=1S/C21H24N4O/c1-15-4-7-17(8-5-15)19-20(21(26)24-12-3-10-22-11-13-24)25-14-16(2)6-9-18(25)23-19/h4-9,14,22H,3,10-13H2,1-2H3. The van der Waals surface area contributed by atoms with Gasteiger partial charge in [0.2, 0.25) is 0 Å². The van der Waals surface area contributed by atoms with Gasteiger partial charge < -0.3 is 10.2 Å². The second-order valence-corrected chi connectivity index (χ2v) is 7.01. The van der Waals surface area contributed by atoms with Crippen LogP contribution in [0.3, 0.4) is 0 Å². The van der Waals surface area contributed by atoms with Gasteiger partial charge in [-0.3, -0.25) is 9.20 Å². The number of amides is 1. The first kappa shape index (κ1) is 16.8. The molecule has 4 rings (SSSR count). The number of aromatic nitrogens is 2. The molecule has 0 saturated carbocycles. The van der Waals surface area contributed by atoms with Crippen LogP contribution in [-0.2, 0) is 0 Å². The Kier molecular flexibility index (Phi) is 4.47. The summed E-state index contributed by atoms with van der Waals surface area (Å²) in [5, 5.41) is 3.36. The van der Waals surface area contributed by atoms with E-state index in [2.05, 4.69) is 24.4 Å². The molecule has 3 heterocycles. The van der Waals surface area contributed by atoms with Crippen molar-refractivity contribution in [3.05, 3.63) is 59.4 Å². The maximum Gasteiger partial charge on any atom is 0.273 e. The first-order valence-corrected chi connectivity index (χ1v) is 9.19. The van der Waals surface area contributed by atoms with E-state index < -0.39 is 0 Å². The van der Waals surface area contributed by atoms with E-state index in [4.69, 9.17) is 4.98 Å². The van der Waals surface area contributed by atoms with Crippen LogP contribution in [0.25, 0.3) is 16.9 Å². The minimum atomic E-state index is 0.0578. The number of carbonyl (C=O) groups excluding carboxylic acids is 1. The van der Waals surface area contributed by atoms with Crippen molar-refractivity contribution >= 4 is 11.6 Å². The van der Waals surface area contributed by atoms with Gasteiger partial charge in [0.05, 0.1) is 0 Å². The number of pyridine rings is 1. The number of benzene rings is 1. The molecule has 134 valence electrons. The lowest BCUT2D eigenvalue weighted by molar-refractivity contribution is 0.0760. The molecule has 0 bridgehead atoms. The zero-order valence-corrected chi connectivity index (χ0v) is 15.3. The molecule has 1 saturated heterocycles. The zero-order chi connectivity index (χ0) is 18.1. The second-order valence-electron chi connectivity index (χ2n) is 7.01. The zero-order valence-electron chi connectivity index (χ0n) is 15.3. The van der Waals surface area contributed by atoms with Crippen molar-refractivity contribution in [3.8, 4) is 11.3 Å². The quantitative estimate of drug-likeness (QED) is 0.774. The SMILES string of the molecule is Cc1ccc(-c2nc3ccc(C)cn3c2C(=O)N2CCCNCC2)cc1. The number of carbonyl (C=O) groups is 1. The highest BCUT2D eigenvalue weighted by atomic mass is 16.2. The fourth-order valence-corrected chi connectivity index (χ4v) is 3.47. The minimum Gasteiger partial charge on any atom is -0.336 e. The summed E-state index contributed by atoms with van der Waals surface area (Å²) in [6.45, 7) is 7.40. The highest BCUT2D eigenvalue weighted by Crippen LogP contribution is 2.26. The van der Waals surface area contributed by atoms with E-state index in [-0.39, 0.29) is 5.91 Å². The molecule has 5 nitrogen and oxygen atoms in total. The maximum absolute atomic E-state index is 13.4. The van der Waals surface area contributed by atoms with E-state index in [1.54, 1.807) is 0 Å².